The number of aliphatic hydroxyl groups is 1. The Balaban J connectivity index is 2.10. The van der Waals surface area contributed by atoms with Gasteiger partial charge in [0.25, 0.3) is 0 Å². The van der Waals surface area contributed by atoms with Crippen LogP contribution in [-0.4, -0.2) is 37.5 Å². The van der Waals surface area contributed by atoms with E-state index in [1.54, 1.807) is 14.2 Å². The van der Waals surface area contributed by atoms with E-state index >= 15 is 0 Å². The second-order valence-electron chi connectivity index (χ2n) is 6.92. The highest BCUT2D eigenvalue weighted by atomic mass is 16.8. The van der Waals surface area contributed by atoms with Crippen molar-refractivity contribution >= 4 is 0 Å². The van der Waals surface area contributed by atoms with Gasteiger partial charge in [0.05, 0.1) is 0 Å². The van der Waals surface area contributed by atoms with Gasteiger partial charge in [0.2, 0.25) is 0 Å². The number of hydrogen-bond donors (Lipinski definition) is 1. The average molecular weight is 294 g/mol. The molecule has 0 spiro atoms. The molecule has 1 heterocycles. The topological polar surface area (TPSA) is 47.9 Å². The van der Waals surface area contributed by atoms with E-state index < -0.39 is 18.2 Å². The third-order valence-electron chi connectivity index (χ3n) is 6.10. The normalized spacial score (nSPS) is 49.6. The molecule has 2 aliphatic carbocycles. The third-order valence-corrected chi connectivity index (χ3v) is 6.10. The molecule has 3 rings (SSSR count). The SMILES string of the molecule is C=C1C2CC=C3[C@H](OC)O[C@@H](OC)[C@]3(O)[C@@]2(C)CC[C@@H]1C. The summed E-state index contributed by atoms with van der Waals surface area (Å²) in [7, 11) is 3.17. The van der Waals surface area contributed by atoms with Gasteiger partial charge in [-0.2, -0.15) is 0 Å². The molecule has 1 saturated heterocycles. The molecular formula is C17H26O4. The molecule has 2 fully saturated rings. The first-order valence-corrected chi connectivity index (χ1v) is 7.72. The quantitative estimate of drug-likeness (QED) is 0.795. The maximum absolute atomic E-state index is 11.6. The van der Waals surface area contributed by atoms with E-state index in [4.69, 9.17) is 14.2 Å². The molecule has 1 unspecified atom stereocenters. The van der Waals surface area contributed by atoms with E-state index in [0.717, 1.165) is 24.8 Å². The third kappa shape index (κ3) is 1.76. The number of rotatable bonds is 2. The average Bonchev–Trinajstić information content (AvgIpc) is 2.77. The van der Waals surface area contributed by atoms with Crippen molar-refractivity contribution < 1.29 is 19.3 Å². The maximum atomic E-state index is 11.6. The van der Waals surface area contributed by atoms with Crippen molar-refractivity contribution in [3.63, 3.8) is 0 Å². The van der Waals surface area contributed by atoms with Crippen molar-refractivity contribution in [2.75, 3.05) is 14.2 Å². The van der Waals surface area contributed by atoms with Gasteiger partial charge in [-0.05, 0) is 31.1 Å². The maximum Gasteiger partial charge on any atom is 0.194 e. The number of fused-ring (bicyclic) bond motifs is 3. The smallest absolute Gasteiger partial charge is 0.194 e. The van der Waals surface area contributed by atoms with Crippen molar-refractivity contribution in [1.82, 2.24) is 0 Å². The number of methoxy groups -OCH3 is 2. The van der Waals surface area contributed by atoms with Crippen LogP contribution in [0.15, 0.2) is 23.8 Å². The monoisotopic (exact) mass is 294 g/mol. The molecule has 4 nitrogen and oxygen atoms in total. The molecule has 21 heavy (non-hydrogen) atoms. The predicted octanol–water partition coefficient (Wildman–Crippen LogP) is 2.63. The molecule has 0 aromatic carbocycles. The number of hydrogen-bond acceptors (Lipinski definition) is 4. The van der Waals surface area contributed by atoms with Crippen LogP contribution in [0, 0.1) is 17.3 Å². The van der Waals surface area contributed by atoms with E-state index in [-0.39, 0.29) is 11.3 Å². The highest BCUT2D eigenvalue weighted by Crippen LogP contribution is 2.62. The number of ether oxygens (including phenoxy) is 3. The van der Waals surface area contributed by atoms with Crippen molar-refractivity contribution in [3.05, 3.63) is 23.8 Å². The minimum Gasteiger partial charge on any atom is -0.379 e. The van der Waals surface area contributed by atoms with Crippen LogP contribution in [0.3, 0.4) is 0 Å². The summed E-state index contributed by atoms with van der Waals surface area (Å²) < 4.78 is 16.7. The van der Waals surface area contributed by atoms with Gasteiger partial charge in [0.1, 0.15) is 5.60 Å². The van der Waals surface area contributed by atoms with Crippen LogP contribution in [0.5, 0.6) is 0 Å². The molecular weight excluding hydrogens is 268 g/mol. The van der Waals surface area contributed by atoms with Crippen molar-refractivity contribution in [2.24, 2.45) is 17.3 Å². The molecule has 1 N–H and O–H groups in total. The summed E-state index contributed by atoms with van der Waals surface area (Å²) >= 11 is 0. The van der Waals surface area contributed by atoms with Crippen LogP contribution in [0.2, 0.25) is 0 Å². The van der Waals surface area contributed by atoms with Gasteiger partial charge < -0.3 is 19.3 Å². The molecule has 0 aromatic heterocycles. The molecule has 0 radical (unpaired) electrons. The van der Waals surface area contributed by atoms with Gasteiger partial charge in [-0.3, -0.25) is 0 Å². The van der Waals surface area contributed by atoms with Crippen LogP contribution in [0.25, 0.3) is 0 Å². The fourth-order valence-corrected chi connectivity index (χ4v) is 4.60. The van der Waals surface area contributed by atoms with Crippen molar-refractivity contribution in [3.8, 4) is 0 Å². The van der Waals surface area contributed by atoms with Gasteiger partial charge in [0.15, 0.2) is 12.6 Å². The molecule has 6 atom stereocenters. The zero-order valence-electron chi connectivity index (χ0n) is 13.4. The first kappa shape index (κ1) is 15.2. The fraction of sp³-hybridized carbons (Fsp3) is 0.765. The lowest BCUT2D eigenvalue weighted by atomic mass is 9.51. The Morgan fingerprint density at radius 1 is 1.38 bits per heavy atom. The fourth-order valence-electron chi connectivity index (χ4n) is 4.60. The van der Waals surface area contributed by atoms with E-state index in [1.807, 2.05) is 0 Å². The molecule has 1 aliphatic heterocycles. The number of allylic oxidation sites excluding steroid dienone is 2. The summed E-state index contributed by atoms with van der Waals surface area (Å²) in [6, 6.07) is 0. The summed E-state index contributed by atoms with van der Waals surface area (Å²) in [4.78, 5) is 0. The summed E-state index contributed by atoms with van der Waals surface area (Å²) in [5, 5.41) is 11.6. The molecule has 0 aromatic rings. The van der Waals surface area contributed by atoms with Crippen LogP contribution in [0.4, 0.5) is 0 Å². The first-order chi connectivity index (χ1) is 9.90. The molecule has 4 heteroatoms. The van der Waals surface area contributed by atoms with E-state index in [1.165, 1.54) is 5.57 Å². The second kappa shape index (κ2) is 4.92. The molecule has 118 valence electrons. The summed E-state index contributed by atoms with van der Waals surface area (Å²) in [6.07, 6.45) is 3.72. The second-order valence-corrected chi connectivity index (χ2v) is 6.92. The van der Waals surface area contributed by atoms with Crippen LogP contribution in [-0.2, 0) is 14.2 Å². The van der Waals surface area contributed by atoms with Gasteiger partial charge in [-0.1, -0.05) is 32.1 Å². The van der Waals surface area contributed by atoms with Crippen molar-refractivity contribution in [2.45, 2.75) is 51.3 Å². The van der Waals surface area contributed by atoms with Gasteiger partial charge in [0, 0.05) is 25.2 Å². The Hall–Kier alpha value is -0.680. The van der Waals surface area contributed by atoms with Crippen LogP contribution >= 0.6 is 0 Å². The van der Waals surface area contributed by atoms with E-state index in [9.17, 15) is 5.11 Å². The highest BCUT2D eigenvalue weighted by Gasteiger charge is 2.67. The zero-order chi connectivity index (χ0) is 15.4. The molecule has 0 amide bonds. The largest absolute Gasteiger partial charge is 0.379 e. The lowest BCUT2D eigenvalue weighted by molar-refractivity contribution is -0.249. The Bertz CT molecular complexity index is 485. The first-order valence-electron chi connectivity index (χ1n) is 7.72. The van der Waals surface area contributed by atoms with E-state index in [0.29, 0.717) is 5.92 Å². The van der Waals surface area contributed by atoms with Crippen LogP contribution < -0.4 is 0 Å². The van der Waals surface area contributed by atoms with Gasteiger partial charge >= 0.3 is 0 Å². The lowest BCUT2D eigenvalue weighted by Gasteiger charge is -2.56. The van der Waals surface area contributed by atoms with Gasteiger partial charge in [-0.25, -0.2) is 0 Å². The Kier molecular flexibility index (Phi) is 3.56. The molecule has 1 saturated carbocycles. The summed E-state index contributed by atoms with van der Waals surface area (Å²) in [6.45, 7) is 8.68. The Morgan fingerprint density at radius 3 is 2.71 bits per heavy atom. The standard InChI is InChI=1S/C17H26O4/c1-10-8-9-16(3)12(11(10)2)6-7-13-14(19-4)21-15(20-5)17(13,16)18/h7,10,12,14-15,18H,2,6,8-9H2,1,3-5H3/t10-,12?,14+,15+,16-,17-/m0/s1. The Labute approximate surface area is 126 Å². The Morgan fingerprint density at radius 2 is 2.10 bits per heavy atom. The predicted molar refractivity (Wildman–Crippen MR) is 79.5 cm³/mol. The minimum atomic E-state index is -1.14. The van der Waals surface area contributed by atoms with Crippen LogP contribution in [0.1, 0.15) is 33.1 Å². The van der Waals surface area contributed by atoms with E-state index in [2.05, 4.69) is 26.5 Å². The zero-order valence-corrected chi connectivity index (χ0v) is 13.4. The summed E-state index contributed by atoms with van der Waals surface area (Å²) in [5.41, 5.74) is 0.587. The lowest BCUT2D eigenvalue weighted by Crippen LogP contribution is -2.60. The molecule has 0 bridgehead atoms. The minimum absolute atomic E-state index is 0.256. The molecule has 3 aliphatic rings. The van der Waals surface area contributed by atoms with Gasteiger partial charge in [-0.15, -0.1) is 0 Å². The summed E-state index contributed by atoms with van der Waals surface area (Å²) in [5.74, 6) is 0.759. The van der Waals surface area contributed by atoms with Crippen molar-refractivity contribution in [1.29, 1.82) is 0 Å². The highest BCUT2D eigenvalue weighted by molar-refractivity contribution is 5.37.